The lowest BCUT2D eigenvalue weighted by Crippen LogP contribution is -2.44. The van der Waals surface area contributed by atoms with Crippen molar-refractivity contribution in [3.05, 3.63) is 33.8 Å². The molecule has 0 saturated heterocycles. The van der Waals surface area contributed by atoms with Crippen LogP contribution in [0.3, 0.4) is 0 Å². The fourth-order valence-electron chi connectivity index (χ4n) is 1.60. The molecule has 0 heterocycles. The second-order valence-electron chi connectivity index (χ2n) is 4.89. The van der Waals surface area contributed by atoms with Gasteiger partial charge in [0.1, 0.15) is 0 Å². The molecule has 17 heavy (non-hydrogen) atoms. The Morgan fingerprint density at radius 2 is 2.00 bits per heavy atom. The molecule has 0 bridgehead atoms. The van der Waals surface area contributed by atoms with E-state index in [0.717, 1.165) is 12.1 Å². The maximum Gasteiger partial charge on any atom is 0.0655 e. The lowest BCUT2D eigenvalue weighted by atomic mass is 9.92. The number of aliphatic hydroxyl groups is 1. The first-order chi connectivity index (χ1) is 7.89. The molecule has 0 fully saturated rings. The number of benzene rings is 1. The van der Waals surface area contributed by atoms with Crippen molar-refractivity contribution in [1.29, 1.82) is 0 Å². The summed E-state index contributed by atoms with van der Waals surface area (Å²) in [5.41, 5.74) is 0.332. The molecule has 4 heteroatoms. The number of halogens is 2. The molecule has 96 valence electrons. The first-order valence-electron chi connectivity index (χ1n) is 5.70. The normalized spacial score (nSPS) is 15.0. The van der Waals surface area contributed by atoms with Crippen LogP contribution >= 0.6 is 23.2 Å². The third-order valence-electron chi connectivity index (χ3n) is 2.74. The van der Waals surface area contributed by atoms with E-state index in [4.69, 9.17) is 23.2 Å². The monoisotopic (exact) mass is 275 g/mol. The number of nitrogens with one attached hydrogen (secondary N) is 1. The molecule has 1 aromatic rings. The zero-order valence-corrected chi connectivity index (χ0v) is 11.9. The highest BCUT2D eigenvalue weighted by atomic mass is 35.5. The van der Waals surface area contributed by atoms with E-state index in [2.05, 4.69) is 19.2 Å². The lowest BCUT2D eigenvalue weighted by Gasteiger charge is -2.31. The van der Waals surface area contributed by atoms with E-state index in [9.17, 15) is 5.11 Å². The molecule has 0 aliphatic carbocycles. The molecule has 0 saturated carbocycles. The predicted molar refractivity (Wildman–Crippen MR) is 73.7 cm³/mol. The first-order valence-corrected chi connectivity index (χ1v) is 6.46. The van der Waals surface area contributed by atoms with E-state index in [1.54, 1.807) is 12.1 Å². The molecular weight excluding hydrogens is 257 g/mol. The Bertz CT molecular complexity index is 382. The van der Waals surface area contributed by atoms with Gasteiger partial charge in [-0.3, -0.25) is 0 Å². The van der Waals surface area contributed by atoms with Crippen molar-refractivity contribution in [2.24, 2.45) is 5.92 Å². The van der Waals surface area contributed by atoms with Crippen LogP contribution in [0.15, 0.2) is 18.2 Å². The van der Waals surface area contributed by atoms with Gasteiger partial charge in [0.2, 0.25) is 0 Å². The zero-order valence-electron chi connectivity index (χ0n) is 10.4. The van der Waals surface area contributed by atoms with Crippen LogP contribution in [0.1, 0.15) is 26.3 Å². The smallest absolute Gasteiger partial charge is 0.0655 e. The van der Waals surface area contributed by atoms with E-state index >= 15 is 0 Å². The van der Waals surface area contributed by atoms with Crippen LogP contribution in [0.5, 0.6) is 0 Å². The topological polar surface area (TPSA) is 32.3 Å². The quantitative estimate of drug-likeness (QED) is 0.863. The summed E-state index contributed by atoms with van der Waals surface area (Å²) in [4.78, 5) is 0. The van der Waals surface area contributed by atoms with E-state index in [-0.39, 0.29) is 6.61 Å². The van der Waals surface area contributed by atoms with Crippen molar-refractivity contribution >= 4 is 23.2 Å². The Balaban J connectivity index is 2.98. The van der Waals surface area contributed by atoms with Gasteiger partial charge in [-0.2, -0.15) is 0 Å². The highest BCUT2D eigenvalue weighted by Gasteiger charge is 2.27. The molecule has 0 aromatic heterocycles. The average Bonchev–Trinajstić information content (AvgIpc) is 2.26. The molecule has 1 rings (SSSR count). The Labute approximate surface area is 113 Å². The van der Waals surface area contributed by atoms with Crippen molar-refractivity contribution in [2.75, 3.05) is 13.2 Å². The molecule has 1 aromatic carbocycles. The first kappa shape index (κ1) is 14.8. The molecule has 0 spiro atoms. The average molecular weight is 276 g/mol. The minimum absolute atomic E-state index is 0.0128. The van der Waals surface area contributed by atoms with Crippen LogP contribution in [-0.4, -0.2) is 18.3 Å². The molecule has 0 aliphatic heterocycles. The largest absolute Gasteiger partial charge is 0.394 e. The van der Waals surface area contributed by atoms with E-state index in [1.165, 1.54) is 0 Å². The van der Waals surface area contributed by atoms with Crippen LogP contribution in [0.4, 0.5) is 0 Å². The van der Waals surface area contributed by atoms with Crippen LogP contribution in [0, 0.1) is 5.92 Å². The molecule has 0 radical (unpaired) electrons. The van der Waals surface area contributed by atoms with Gasteiger partial charge >= 0.3 is 0 Å². The summed E-state index contributed by atoms with van der Waals surface area (Å²) in [6, 6.07) is 5.34. The van der Waals surface area contributed by atoms with E-state index in [0.29, 0.717) is 16.0 Å². The molecular formula is C13H19Cl2NO. The number of hydrogen-bond donors (Lipinski definition) is 2. The van der Waals surface area contributed by atoms with Crippen LogP contribution in [-0.2, 0) is 5.54 Å². The molecule has 0 aliphatic rings. The molecule has 1 atom stereocenters. The van der Waals surface area contributed by atoms with Crippen LogP contribution in [0.25, 0.3) is 0 Å². The lowest BCUT2D eigenvalue weighted by molar-refractivity contribution is 0.171. The minimum Gasteiger partial charge on any atom is -0.394 e. The third-order valence-corrected chi connectivity index (χ3v) is 3.29. The van der Waals surface area contributed by atoms with E-state index < -0.39 is 5.54 Å². The fraction of sp³-hybridized carbons (Fsp3) is 0.538. The van der Waals surface area contributed by atoms with Crippen molar-refractivity contribution in [1.82, 2.24) is 5.32 Å². The molecule has 0 amide bonds. The molecule has 2 nitrogen and oxygen atoms in total. The van der Waals surface area contributed by atoms with Crippen molar-refractivity contribution in [3.63, 3.8) is 0 Å². The Morgan fingerprint density at radius 1 is 1.35 bits per heavy atom. The van der Waals surface area contributed by atoms with Gasteiger partial charge in [0, 0.05) is 10.0 Å². The predicted octanol–water partition coefficient (Wildman–Crippen LogP) is 3.45. The molecule has 1 unspecified atom stereocenters. The summed E-state index contributed by atoms with van der Waals surface area (Å²) in [6.07, 6.45) is 0. The molecule has 2 N–H and O–H groups in total. The summed E-state index contributed by atoms with van der Waals surface area (Å²) in [5.74, 6) is 0.506. The Morgan fingerprint density at radius 3 is 2.47 bits per heavy atom. The van der Waals surface area contributed by atoms with E-state index in [1.807, 2.05) is 13.0 Å². The summed E-state index contributed by atoms with van der Waals surface area (Å²) < 4.78 is 0. The van der Waals surface area contributed by atoms with Gasteiger partial charge in [-0.15, -0.1) is 0 Å². The second-order valence-corrected chi connectivity index (χ2v) is 5.73. The summed E-state index contributed by atoms with van der Waals surface area (Å²) in [6.45, 7) is 6.98. The van der Waals surface area contributed by atoms with Crippen molar-refractivity contribution < 1.29 is 5.11 Å². The number of hydrogen-bond acceptors (Lipinski definition) is 2. The fourth-order valence-corrected chi connectivity index (χ4v) is 2.22. The van der Waals surface area contributed by atoms with Gasteiger partial charge in [0.15, 0.2) is 0 Å². The third kappa shape index (κ3) is 3.85. The summed E-state index contributed by atoms with van der Waals surface area (Å²) >= 11 is 12.0. The number of aliphatic hydroxyl groups excluding tert-OH is 1. The van der Waals surface area contributed by atoms with Gasteiger partial charge in [0.25, 0.3) is 0 Å². The maximum atomic E-state index is 9.59. The van der Waals surface area contributed by atoms with Crippen LogP contribution < -0.4 is 5.32 Å². The Hall–Kier alpha value is -0.280. The van der Waals surface area contributed by atoms with Crippen LogP contribution in [0.2, 0.25) is 10.0 Å². The van der Waals surface area contributed by atoms with Gasteiger partial charge in [0.05, 0.1) is 12.1 Å². The van der Waals surface area contributed by atoms with Gasteiger partial charge in [-0.1, -0.05) is 43.1 Å². The van der Waals surface area contributed by atoms with Gasteiger partial charge in [-0.25, -0.2) is 0 Å². The minimum atomic E-state index is -0.536. The summed E-state index contributed by atoms with van der Waals surface area (Å²) in [5, 5.41) is 14.1. The SMILES string of the molecule is CC(C)CNC(C)(CO)c1ccc(Cl)cc1Cl. The highest BCUT2D eigenvalue weighted by molar-refractivity contribution is 6.35. The van der Waals surface area contributed by atoms with Gasteiger partial charge < -0.3 is 10.4 Å². The second kappa shape index (κ2) is 6.05. The zero-order chi connectivity index (χ0) is 13.1. The highest BCUT2D eigenvalue weighted by Crippen LogP contribution is 2.30. The Kier molecular flexibility index (Phi) is 5.26. The van der Waals surface area contributed by atoms with Gasteiger partial charge in [-0.05, 0) is 37.1 Å². The maximum absolute atomic E-state index is 9.59. The number of rotatable bonds is 5. The van der Waals surface area contributed by atoms with Crippen molar-refractivity contribution in [2.45, 2.75) is 26.3 Å². The van der Waals surface area contributed by atoms with Crippen molar-refractivity contribution in [3.8, 4) is 0 Å². The summed E-state index contributed by atoms with van der Waals surface area (Å²) in [7, 11) is 0. The standard InChI is InChI=1S/C13H19Cl2NO/c1-9(2)7-16-13(3,8-17)11-5-4-10(14)6-12(11)15/h4-6,9,16-17H,7-8H2,1-3H3.